The van der Waals surface area contributed by atoms with Gasteiger partial charge in [-0.25, -0.2) is 0 Å². The van der Waals surface area contributed by atoms with Gasteiger partial charge in [-0.05, 0) is 44.3 Å². The molecule has 0 spiro atoms. The van der Waals surface area contributed by atoms with Crippen LogP contribution in [0.5, 0.6) is 5.75 Å². The third kappa shape index (κ3) is 3.94. The fraction of sp³-hybridized carbons (Fsp3) is 0.444. The molecule has 0 aliphatic carbocycles. The maximum atomic E-state index is 5.88. The van der Waals surface area contributed by atoms with E-state index in [9.17, 15) is 0 Å². The Balaban J connectivity index is 1.70. The van der Waals surface area contributed by atoms with Crippen molar-refractivity contribution in [3.8, 4) is 5.75 Å². The molecule has 0 atom stereocenters. The minimum atomic E-state index is 0.468. The third-order valence-electron chi connectivity index (χ3n) is 4.08. The molecule has 0 aliphatic rings. The van der Waals surface area contributed by atoms with Crippen LogP contribution in [0, 0.1) is 0 Å². The lowest BCUT2D eigenvalue weighted by atomic mass is 10.2. The van der Waals surface area contributed by atoms with Crippen LogP contribution in [0.3, 0.4) is 0 Å². The van der Waals surface area contributed by atoms with E-state index in [-0.39, 0.29) is 0 Å². The van der Waals surface area contributed by atoms with Gasteiger partial charge in [0.25, 0.3) is 0 Å². The molecule has 1 N–H and O–H groups in total. The summed E-state index contributed by atoms with van der Waals surface area (Å²) in [6.07, 6.45) is 4.34. The molecule has 0 fully saturated rings. The Labute approximate surface area is 142 Å². The summed E-state index contributed by atoms with van der Waals surface area (Å²) in [6, 6.07) is 7.97. The summed E-state index contributed by atoms with van der Waals surface area (Å²) in [6.45, 7) is 4.63. The first-order chi connectivity index (χ1) is 11.7. The molecule has 0 amide bonds. The highest BCUT2D eigenvalue weighted by molar-refractivity contribution is 5.82. The van der Waals surface area contributed by atoms with E-state index in [4.69, 9.17) is 4.74 Å². The summed E-state index contributed by atoms with van der Waals surface area (Å²) >= 11 is 0. The van der Waals surface area contributed by atoms with E-state index >= 15 is 0 Å². The Kier molecular flexibility index (Phi) is 5.15. The van der Waals surface area contributed by atoms with E-state index in [1.807, 2.05) is 31.4 Å². The van der Waals surface area contributed by atoms with Crippen LogP contribution in [0.25, 0.3) is 10.9 Å². The standard InChI is InChI=1S/C18H25N5O/c1-4-5-9-22(2)12-18-16-11-15(6-7-17(16)19-20-18)24-13-14-8-10-23(3)21-14/h6-8,10-11H,4-5,9,12-13H2,1-3H3,(H,19,20). The Bertz CT molecular complexity index is 792. The molecule has 0 radical (unpaired) electrons. The highest BCUT2D eigenvalue weighted by Gasteiger charge is 2.09. The molecule has 128 valence electrons. The molecule has 2 aromatic heterocycles. The van der Waals surface area contributed by atoms with Crippen LogP contribution in [0.4, 0.5) is 0 Å². The number of aryl methyl sites for hydroxylation is 1. The maximum absolute atomic E-state index is 5.88. The summed E-state index contributed by atoms with van der Waals surface area (Å²) in [5, 5.41) is 13.0. The molecule has 0 unspecified atom stereocenters. The van der Waals surface area contributed by atoms with Gasteiger partial charge in [0.15, 0.2) is 0 Å². The molecule has 0 aliphatic heterocycles. The summed E-state index contributed by atoms with van der Waals surface area (Å²) < 4.78 is 7.66. The van der Waals surface area contributed by atoms with Gasteiger partial charge in [-0.2, -0.15) is 10.2 Å². The largest absolute Gasteiger partial charge is 0.487 e. The summed E-state index contributed by atoms with van der Waals surface area (Å²) in [4.78, 5) is 2.32. The van der Waals surface area contributed by atoms with Gasteiger partial charge in [-0.3, -0.25) is 9.78 Å². The second-order valence-corrected chi connectivity index (χ2v) is 6.24. The van der Waals surface area contributed by atoms with Gasteiger partial charge in [-0.1, -0.05) is 13.3 Å². The summed E-state index contributed by atoms with van der Waals surface area (Å²) in [7, 11) is 4.05. The average molecular weight is 327 g/mol. The van der Waals surface area contributed by atoms with Crippen molar-refractivity contribution in [2.45, 2.75) is 32.9 Å². The Hall–Kier alpha value is -2.34. The average Bonchev–Trinajstić information content (AvgIpc) is 3.17. The number of aromatic nitrogens is 4. The van der Waals surface area contributed by atoms with E-state index in [1.165, 1.54) is 12.8 Å². The van der Waals surface area contributed by atoms with Gasteiger partial charge >= 0.3 is 0 Å². The number of hydrogen-bond acceptors (Lipinski definition) is 4. The number of rotatable bonds is 8. The van der Waals surface area contributed by atoms with Crippen LogP contribution in [0.15, 0.2) is 30.5 Å². The molecule has 6 heteroatoms. The number of H-pyrrole nitrogens is 1. The van der Waals surface area contributed by atoms with Crippen molar-refractivity contribution in [1.29, 1.82) is 0 Å². The quantitative estimate of drug-likeness (QED) is 0.690. The number of nitrogens with one attached hydrogen (secondary N) is 1. The molecule has 3 rings (SSSR count). The second kappa shape index (κ2) is 7.49. The first-order valence-corrected chi connectivity index (χ1v) is 8.42. The number of unbranched alkanes of at least 4 members (excludes halogenated alkanes) is 1. The normalized spacial score (nSPS) is 11.5. The topological polar surface area (TPSA) is 59.0 Å². The summed E-state index contributed by atoms with van der Waals surface area (Å²) in [5.41, 5.74) is 3.02. The second-order valence-electron chi connectivity index (χ2n) is 6.24. The van der Waals surface area contributed by atoms with E-state index in [2.05, 4.69) is 40.2 Å². The Morgan fingerprint density at radius 3 is 2.92 bits per heavy atom. The van der Waals surface area contributed by atoms with Gasteiger partial charge in [0.2, 0.25) is 0 Å². The van der Waals surface area contributed by atoms with E-state index < -0.39 is 0 Å². The van der Waals surface area contributed by atoms with Crippen molar-refractivity contribution in [2.24, 2.45) is 7.05 Å². The fourth-order valence-corrected chi connectivity index (χ4v) is 2.73. The van der Waals surface area contributed by atoms with Gasteiger partial charge in [0.05, 0.1) is 16.9 Å². The minimum Gasteiger partial charge on any atom is -0.487 e. The van der Waals surface area contributed by atoms with Crippen LogP contribution in [-0.4, -0.2) is 38.5 Å². The number of hydrogen-bond donors (Lipinski definition) is 1. The highest BCUT2D eigenvalue weighted by Crippen LogP contribution is 2.23. The Morgan fingerprint density at radius 2 is 2.17 bits per heavy atom. The molecule has 6 nitrogen and oxygen atoms in total. The molecule has 0 bridgehead atoms. The van der Waals surface area contributed by atoms with Crippen molar-refractivity contribution in [3.05, 3.63) is 41.9 Å². The van der Waals surface area contributed by atoms with Crippen LogP contribution in [0.2, 0.25) is 0 Å². The molecule has 2 heterocycles. The lowest BCUT2D eigenvalue weighted by Crippen LogP contribution is -2.19. The lowest BCUT2D eigenvalue weighted by Gasteiger charge is -2.15. The van der Waals surface area contributed by atoms with Gasteiger partial charge in [0, 0.05) is 25.2 Å². The third-order valence-corrected chi connectivity index (χ3v) is 4.08. The number of aromatic amines is 1. The zero-order valence-corrected chi connectivity index (χ0v) is 14.6. The van der Waals surface area contributed by atoms with Crippen LogP contribution >= 0.6 is 0 Å². The van der Waals surface area contributed by atoms with Crippen molar-refractivity contribution in [3.63, 3.8) is 0 Å². The van der Waals surface area contributed by atoms with Gasteiger partial charge in [-0.15, -0.1) is 0 Å². The smallest absolute Gasteiger partial charge is 0.132 e. The minimum absolute atomic E-state index is 0.468. The van der Waals surface area contributed by atoms with Crippen molar-refractivity contribution in [2.75, 3.05) is 13.6 Å². The predicted molar refractivity (Wildman–Crippen MR) is 94.9 cm³/mol. The first-order valence-electron chi connectivity index (χ1n) is 8.42. The molecule has 1 aromatic carbocycles. The number of nitrogens with zero attached hydrogens (tertiary/aromatic N) is 4. The zero-order valence-electron chi connectivity index (χ0n) is 14.6. The number of ether oxygens (including phenoxy) is 1. The SMILES string of the molecule is CCCCN(C)Cc1[nH]nc2ccc(OCc3ccn(C)n3)cc12. The lowest BCUT2D eigenvalue weighted by molar-refractivity contribution is 0.300. The zero-order chi connectivity index (χ0) is 16.9. The molecular weight excluding hydrogens is 302 g/mol. The molecule has 3 aromatic rings. The molecular formula is C18H25N5O. The van der Waals surface area contributed by atoms with Gasteiger partial charge in [0.1, 0.15) is 12.4 Å². The predicted octanol–water partition coefficient (Wildman–Crippen LogP) is 3.11. The van der Waals surface area contributed by atoms with Crippen molar-refractivity contribution in [1.82, 2.24) is 24.9 Å². The number of fused-ring (bicyclic) bond motifs is 1. The van der Waals surface area contributed by atoms with E-state index in [0.29, 0.717) is 6.61 Å². The monoisotopic (exact) mass is 327 g/mol. The van der Waals surface area contributed by atoms with Crippen LogP contribution in [0.1, 0.15) is 31.2 Å². The fourth-order valence-electron chi connectivity index (χ4n) is 2.73. The van der Waals surface area contributed by atoms with Gasteiger partial charge < -0.3 is 9.64 Å². The van der Waals surface area contributed by atoms with Crippen molar-refractivity contribution < 1.29 is 4.74 Å². The maximum Gasteiger partial charge on any atom is 0.132 e. The first kappa shape index (κ1) is 16.5. The van der Waals surface area contributed by atoms with Crippen LogP contribution in [-0.2, 0) is 20.2 Å². The molecule has 0 saturated heterocycles. The van der Waals surface area contributed by atoms with E-state index in [1.54, 1.807) is 4.68 Å². The summed E-state index contributed by atoms with van der Waals surface area (Å²) in [5.74, 6) is 0.840. The number of benzene rings is 1. The van der Waals surface area contributed by atoms with E-state index in [0.717, 1.165) is 41.1 Å². The molecule has 0 saturated carbocycles. The van der Waals surface area contributed by atoms with Crippen molar-refractivity contribution >= 4 is 10.9 Å². The highest BCUT2D eigenvalue weighted by atomic mass is 16.5. The Morgan fingerprint density at radius 1 is 1.29 bits per heavy atom. The molecule has 24 heavy (non-hydrogen) atoms. The van der Waals surface area contributed by atoms with Crippen LogP contribution < -0.4 is 4.74 Å².